The molecule has 1 aliphatic heterocycles. The van der Waals surface area contributed by atoms with Gasteiger partial charge in [-0.15, -0.1) is 13.2 Å². The summed E-state index contributed by atoms with van der Waals surface area (Å²) in [5.41, 5.74) is 2.15. The highest BCUT2D eigenvalue weighted by atomic mass is 19.4. The number of rotatable bonds is 2. The summed E-state index contributed by atoms with van der Waals surface area (Å²) in [5.74, 6) is -0.191. The molecule has 1 aromatic carbocycles. The van der Waals surface area contributed by atoms with Gasteiger partial charge in [-0.25, -0.2) is 0 Å². The molecule has 0 unspecified atom stereocenters. The third kappa shape index (κ3) is 3.78. The van der Waals surface area contributed by atoms with Gasteiger partial charge in [-0.1, -0.05) is 23.8 Å². The van der Waals surface area contributed by atoms with Gasteiger partial charge in [0.15, 0.2) is 0 Å². The second kappa shape index (κ2) is 4.79. The van der Waals surface area contributed by atoms with E-state index in [1.54, 1.807) is 12.1 Å². The van der Waals surface area contributed by atoms with Crippen LogP contribution in [0.1, 0.15) is 12.0 Å². The van der Waals surface area contributed by atoms with Crippen LogP contribution < -0.4 is 10.1 Å². The highest BCUT2D eigenvalue weighted by molar-refractivity contribution is 5.54. The molecule has 0 radical (unpaired) electrons. The van der Waals surface area contributed by atoms with Gasteiger partial charge >= 0.3 is 6.36 Å². The molecule has 0 bridgehead atoms. The van der Waals surface area contributed by atoms with Gasteiger partial charge in [-0.3, -0.25) is 0 Å². The number of alkyl halides is 3. The largest absolute Gasteiger partial charge is 0.573 e. The Morgan fingerprint density at radius 2 is 1.88 bits per heavy atom. The van der Waals surface area contributed by atoms with Gasteiger partial charge in [0.25, 0.3) is 0 Å². The van der Waals surface area contributed by atoms with Crippen LogP contribution >= 0.6 is 0 Å². The first-order valence-electron chi connectivity index (χ1n) is 5.29. The summed E-state index contributed by atoms with van der Waals surface area (Å²) >= 11 is 0. The number of hydrogen-bond acceptors (Lipinski definition) is 2. The quantitative estimate of drug-likeness (QED) is 0.862. The van der Waals surface area contributed by atoms with Crippen molar-refractivity contribution in [1.29, 1.82) is 0 Å². The average Bonchev–Trinajstić information content (AvgIpc) is 2.71. The Kier molecular flexibility index (Phi) is 3.38. The van der Waals surface area contributed by atoms with Gasteiger partial charge < -0.3 is 10.1 Å². The molecule has 1 heterocycles. The lowest BCUT2D eigenvalue weighted by atomic mass is 10.1. The van der Waals surface area contributed by atoms with E-state index < -0.39 is 6.36 Å². The molecule has 0 spiro atoms. The predicted molar refractivity (Wildman–Crippen MR) is 58.6 cm³/mol. The highest BCUT2D eigenvalue weighted by Crippen LogP contribution is 2.23. The van der Waals surface area contributed by atoms with Crippen molar-refractivity contribution in [2.75, 3.05) is 13.1 Å². The van der Waals surface area contributed by atoms with Crippen LogP contribution in [-0.2, 0) is 0 Å². The number of nitrogens with one attached hydrogen (secondary N) is 1. The molecule has 1 saturated heterocycles. The third-order valence-electron chi connectivity index (χ3n) is 2.46. The Morgan fingerprint density at radius 1 is 1.18 bits per heavy atom. The number of ether oxygens (including phenoxy) is 1. The summed E-state index contributed by atoms with van der Waals surface area (Å²) in [6, 6.07) is 5.88. The van der Waals surface area contributed by atoms with E-state index in [2.05, 4.69) is 10.1 Å². The van der Waals surface area contributed by atoms with Gasteiger partial charge in [0, 0.05) is 6.54 Å². The van der Waals surface area contributed by atoms with Gasteiger partial charge in [0.2, 0.25) is 0 Å². The van der Waals surface area contributed by atoms with E-state index in [4.69, 9.17) is 0 Å². The van der Waals surface area contributed by atoms with E-state index in [1.807, 2.05) is 6.08 Å². The van der Waals surface area contributed by atoms with Crippen LogP contribution in [-0.4, -0.2) is 19.5 Å². The molecule has 0 atom stereocenters. The highest BCUT2D eigenvalue weighted by Gasteiger charge is 2.30. The van der Waals surface area contributed by atoms with Crippen LogP contribution in [0.25, 0.3) is 6.08 Å². The zero-order chi connectivity index (χ0) is 12.3. The standard InChI is InChI=1S/C12H12F3NO/c13-12(14,15)17-11-3-1-9(2-4-11)7-10-5-6-16-8-10/h1-4,7,16H,5-6,8H2. The normalized spacial score (nSPS) is 18.6. The van der Waals surface area contributed by atoms with E-state index in [9.17, 15) is 13.2 Å². The number of hydrogen-bond donors (Lipinski definition) is 1. The lowest BCUT2D eigenvalue weighted by molar-refractivity contribution is -0.274. The van der Waals surface area contributed by atoms with Crippen LogP contribution in [0.4, 0.5) is 13.2 Å². The summed E-state index contributed by atoms with van der Waals surface area (Å²) < 4.78 is 39.6. The Balaban J connectivity index is 2.05. The first kappa shape index (κ1) is 12.0. The van der Waals surface area contributed by atoms with E-state index in [0.717, 1.165) is 25.1 Å². The zero-order valence-electron chi connectivity index (χ0n) is 9.05. The third-order valence-corrected chi connectivity index (χ3v) is 2.46. The molecular weight excluding hydrogens is 231 g/mol. The molecular formula is C12H12F3NO. The molecule has 0 aliphatic carbocycles. The Labute approximate surface area is 97.1 Å². The lowest BCUT2D eigenvalue weighted by Crippen LogP contribution is -2.16. The van der Waals surface area contributed by atoms with Crippen molar-refractivity contribution in [2.45, 2.75) is 12.8 Å². The second-order valence-electron chi connectivity index (χ2n) is 3.85. The fraction of sp³-hybridized carbons (Fsp3) is 0.333. The first-order valence-corrected chi connectivity index (χ1v) is 5.29. The van der Waals surface area contributed by atoms with Crippen molar-refractivity contribution in [3.05, 3.63) is 35.4 Å². The van der Waals surface area contributed by atoms with E-state index in [0.29, 0.717) is 0 Å². The maximum absolute atomic E-state index is 11.9. The van der Waals surface area contributed by atoms with Gasteiger partial charge in [0.1, 0.15) is 5.75 Å². The van der Waals surface area contributed by atoms with E-state index in [-0.39, 0.29) is 5.75 Å². The topological polar surface area (TPSA) is 21.3 Å². The Bertz CT molecular complexity index is 401. The summed E-state index contributed by atoms with van der Waals surface area (Å²) in [5, 5.41) is 3.19. The van der Waals surface area contributed by atoms with Crippen molar-refractivity contribution in [2.24, 2.45) is 0 Å². The van der Waals surface area contributed by atoms with Crippen molar-refractivity contribution in [1.82, 2.24) is 5.32 Å². The smallest absolute Gasteiger partial charge is 0.406 e. The minimum absolute atomic E-state index is 0.191. The van der Waals surface area contributed by atoms with E-state index >= 15 is 0 Å². The molecule has 92 valence electrons. The fourth-order valence-corrected chi connectivity index (χ4v) is 1.71. The number of benzene rings is 1. The van der Waals surface area contributed by atoms with E-state index in [1.165, 1.54) is 17.7 Å². The zero-order valence-corrected chi connectivity index (χ0v) is 9.05. The second-order valence-corrected chi connectivity index (χ2v) is 3.85. The molecule has 1 fully saturated rings. The van der Waals surface area contributed by atoms with Gasteiger partial charge in [0.05, 0.1) is 0 Å². The van der Waals surface area contributed by atoms with Gasteiger partial charge in [-0.05, 0) is 30.7 Å². The van der Waals surface area contributed by atoms with Crippen LogP contribution in [0.5, 0.6) is 5.75 Å². The first-order chi connectivity index (χ1) is 8.03. The van der Waals surface area contributed by atoms with Gasteiger partial charge in [-0.2, -0.15) is 0 Å². The molecule has 17 heavy (non-hydrogen) atoms. The van der Waals surface area contributed by atoms with Crippen molar-refractivity contribution < 1.29 is 17.9 Å². The van der Waals surface area contributed by atoms with Crippen LogP contribution in [0.15, 0.2) is 29.8 Å². The Hall–Kier alpha value is -1.49. The minimum atomic E-state index is -4.63. The fourth-order valence-electron chi connectivity index (χ4n) is 1.71. The molecule has 2 nitrogen and oxygen atoms in total. The average molecular weight is 243 g/mol. The minimum Gasteiger partial charge on any atom is -0.406 e. The molecule has 5 heteroatoms. The maximum atomic E-state index is 11.9. The molecule has 1 aromatic rings. The molecule has 1 N–H and O–H groups in total. The van der Waals surface area contributed by atoms with Crippen LogP contribution in [0, 0.1) is 0 Å². The summed E-state index contributed by atoms with van der Waals surface area (Å²) in [6.07, 6.45) is -1.66. The lowest BCUT2D eigenvalue weighted by Gasteiger charge is -2.08. The molecule has 0 saturated carbocycles. The predicted octanol–water partition coefficient (Wildman–Crippen LogP) is 2.96. The molecule has 0 aromatic heterocycles. The molecule has 1 aliphatic rings. The van der Waals surface area contributed by atoms with Crippen molar-refractivity contribution >= 4 is 6.08 Å². The van der Waals surface area contributed by atoms with Crippen LogP contribution in [0.3, 0.4) is 0 Å². The maximum Gasteiger partial charge on any atom is 0.573 e. The molecule has 0 amide bonds. The Morgan fingerprint density at radius 3 is 2.41 bits per heavy atom. The number of halogens is 3. The summed E-state index contributed by atoms with van der Waals surface area (Å²) in [7, 11) is 0. The summed E-state index contributed by atoms with van der Waals surface area (Å²) in [4.78, 5) is 0. The van der Waals surface area contributed by atoms with Crippen molar-refractivity contribution in [3.8, 4) is 5.75 Å². The van der Waals surface area contributed by atoms with Crippen LogP contribution in [0.2, 0.25) is 0 Å². The SMILES string of the molecule is FC(F)(F)Oc1ccc(C=C2CCNC2)cc1. The summed E-state index contributed by atoms with van der Waals surface area (Å²) in [6.45, 7) is 1.81. The van der Waals surface area contributed by atoms with Crippen molar-refractivity contribution in [3.63, 3.8) is 0 Å². The monoisotopic (exact) mass is 243 g/mol. The molecule has 2 rings (SSSR count).